The number of rotatable bonds is 7. The van der Waals surface area contributed by atoms with Crippen LogP contribution in [0, 0.1) is 5.82 Å². The Morgan fingerprint density at radius 3 is 2.81 bits per heavy atom. The predicted molar refractivity (Wildman–Crippen MR) is 80.4 cm³/mol. The Morgan fingerprint density at radius 2 is 2.10 bits per heavy atom. The van der Waals surface area contributed by atoms with Gasteiger partial charge in [-0.15, -0.1) is 11.8 Å². The van der Waals surface area contributed by atoms with Gasteiger partial charge in [-0.3, -0.25) is 0 Å². The van der Waals surface area contributed by atoms with E-state index in [0.29, 0.717) is 29.6 Å². The maximum Gasteiger partial charge on any atom is 0.236 e. The third kappa shape index (κ3) is 4.28. The molecule has 2 atom stereocenters. The molecule has 0 fully saturated rings. The standard InChI is InChI=1S/C15H19FN2O2S/c1-4-19-10(2)15-17-14(20-18-15)9-21-11(3)12-7-5-6-8-13(12)16/h5-8,10-11H,4,9H2,1-3H3/t10-,11-/m0/s1. The van der Waals surface area contributed by atoms with Crippen molar-refractivity contribution in [1.82, 2.24) is 10.1 Å². The molecule has 0 spiro atoms. The van der Waals surface area contributed by atoms with E-state index in [9.17, 15) is 4.39 Å². The van der Waals surface area contributed by atoms with Crippen LogP contribution >= 0.6 is 11.8 Å². The third-order valence-electron chi connectivity index (χ3n) is 3.06. The Balaban J connectivity index is 1.93. The van der Waals surface area contributed by atoms with Crippen molar-refractivity contribution in [3.05, 3.63) is 47.4 Å². The smallest absolute Gasteiger partial charge is 0.236 e. The van der Waals surface area contributed by atoms with E-state index >= 15 is 0 Å². The predicted octanol–water partition coefficient (Wildman–Crippen LogP) is 4.30. The van der Waals surface area contributed by atoms with E-state index in [1.165, 1.54) is 6.07 Å². The summed E-state index contributed by atoms with van der Waals surface area (Å²) < 4.78 is 24.3. The van der Waals surface area contributed by atoms with E-state index in [1.807, 2.05) is 26.8 Å². The topological polar surface area (TPSA) is 48.2 Å². The third-order valence-corrected chi connectivity index (χ3v) is 4.23. The van der Waals surface area contributed by atoms with Gasteiger partial charge in [-0.1, -0.05) is 23.4 Å². The van der Waals surface area contributed by atoms with Crippen LogP contribution in [0.5, 0.6) is 0 Å². The average Bonchev–Trinajstić information content (AvgIpc) is 2.94. The first-order valence-corrected chi connectivity index (χ1v) is 7.96. The first kappa shape index (κ1) is 16.0. The summed E-state index contributed by atoms with van der Waals surface area (Å²) in [7, 11) is 0. The summed E-state index contributed by atoms with van der Waals surface area (Å²) in [6, 6.07) is 6.80. The molecule has 0 saturated heterocycles. The Hall–Kier alpha value is -1.40. The summed E-state index contributed by atoms with van der Waals surface area (Å²) >= 11 is 1.56. The number of ether oxygens (including phenoxy) is 1. The largest absolute Gasteiger partial charge is 0.371 e. The molecule has 114 valence electrons. The number of benzene rings is 1. The molecule has 0 bridgehead atoms. The second-order valence-corrected chi connectivity index (χ2v) is 5.95. The zero-order chi connectivity index (χ0) is 15.2. The Morgan fingerprint density at radius 1 is 1.33 bits per heavy atom. The van der Waals surface area contributed by atoms with E-state index in [-0.39, 0.29) is 17.2 Å². The summed E-state index contributed by atoms with van der Waals surface area (Å²) in [6.07, 6.45) is -0.179. The van der Waals surface area contributed by atoms with E-state index in [0.717, 1.165) is 0 Å². The van der Waals surface area contributed by atoms with Crippen molar-refractivity contribution in [3.63, 3.8) is 0 Å². The van der Waals surface area contributed by atoms with Gasteiger partial charge < -0.3 is 9.26 Å². The fourth-order valence-corrected chi connectivity index (χ4v) is 2.79. The highest BCUT2D eigenvalue weighted by molar-refractivity contribution is 7.98. The number of hydrogen-bond donors (Lipinski definition) is 0. The molecule has 0 saturated carbocycles. The van der Waals surface area contributed by atoms with Gasteiger partial charge in [0, 0.05) is 17.4 Å². The van der Waals surface area contributed by atoms with Gasteiger partial charge in [0.1, 0.15) is 11.9 Å². The van der Waals surface area contributed by atoms with Crippen LogP contribution in [0.2, 0.25) is 0 Å². The SMILES string of the molecule is CCO[C@@H](C)c1noc(CS[C@@H](C)c2ccccc2F)n1. The fraction of sp³-hybridized carbons (Fsp3) is 0.467. The summed E-state index contributed by atoms with van der Waals surface area (Å²) in [5.41, 5.74) is 0.685. The van der Waals surface area contributed by atoms with Crippen molar-refractivity contribution in [1.29, 1.82) is 0 Å². The highest BCUT2D eigenvalue weighted by atomic mass is 32.2. The van der Waals surface area contributed by atoms with E-state index in [2.05, 4.69) is 10.1 Å². The minimum Gasteiger partial charge on any atom is -0.371 e. The normalized spacial score (nSPS) is 14.1. The lowest BCUT2D eigenvalue weighted by molar-refractivity contribution is 0.0683. The molecule has 0 amide bonds. The molecule has 0 N–H and O–H groups in total. The fourth-order valence-electron chi connectivity index (χ4n) is 1.91. The Bertz CT molecular complexity index is 576. The van der Waals surface area contributed by atoms with Crippen molar-refractivity contribution in [2.45, 2.75) is 37.9 Å². The maximum absolute atomic E-state index is 13.7. The molecule has 1 heterocycles. The molecule has 21 heavy (non-hydrogen) atoms. The van der Waals surface area contributed by atoms with Crippen molar-refractivity contribution in [2.24, 2.45) is 0 Å². The molecule has 0 aliphatic carbocycles. The summed E-state index contributed by atoms with van der Waals surface area (Å²) in [5, 5.41) is 3.92. The van der Waals surface area contributed by atoms with Gasteiger partial charge in [-0.25, -0.2) is 4.39 Å². The van der Waals surface area contributed by atoms with Gasteiger partial charge in [-0.2, -0.15) is 4.98 Å². The van der Waals surface area contributed by atoms with Crippen LogP contribution in [0.15, 0.2) is 28.8 Å². The minimum atomic E-state index is -0.186. The Labute approximate surface area is 128 Å². The van der Waals surface area contributed by atoms with E-state index in [4.69, 9.17) is 9.26 Å². The highest BCUT2D eigenvalue weighted by Gasteiger charge is 2.16. The molecule has 0 unspecified atom stereocenters. The molecule has 1 aromatic carbocycles. The summed E-state index contributed by atoms with van der Waals surface area (Å²) in [6.45, 7) is 6.37. The molecule has 4 nitrogen and oxygen atoms in total. The molecule has 0 radical (unpaired) electrons. The molecule has 2 aromatic rings. The van der Waals surface area contributed by atoms with Crippen LogP contribution in [-0.2, 0) is 10.5 Å². The number of halogens is 1. The number of aromatic nitrogens is 2. The first-order valence-electron chi connectivity index (χ1n) is 6.92. The van der Waals surface area contributed by atoms with Crippen LogP contribution in [0.4, 0.5) is 4.39 Å². The summed E-state index contributed by atoms with van der Waals surface area (Å²) in [4.78, 5) is 4.30. The van der Waals surface area contributed by atoms with E-state index < -0.39 is 0 Å². The van der Waals surface area contributed by atoms with Gasteiger partial charge in [0.2, 0.25) is 5.89 Å². The number of nitrogens with zero attached hydrogens (tertiary/aromatic N) is 2. The zero-order valence-corrected chi connectivity index (χ0v) is 13.2. The lowest BCUT2D eigenvalue weighted by Crippen LogP contribution is -2.01. The molecule has 2 rings (SSSR count). The zero-order valence-electron chi connectivity index (χ0n) is 12.4. The lowest BCUT2D eigenvalue weighted by Gasteiger charge is -2.10. The van der Waals surface area contributed by atoms with Crippen molar-refractivity contribution in [2.75, 3.05) is 6.61 Å². The monoisotopic (exact) mass is 310 g/mol. The van der Waals surface area contributed by atoms with E-state index in [1.54, 1.807) is 23.9 Å². The van der Waals surface area contributed by atoms with Gasteiger partial charge in [-0.05, 0) is 26.8 Å². The van der Waals surface area contributed by atoms with Gasteiger partial charge in [0.15, 0.2) is 5.82 Å². The molecule has 6 heteroatoms. The second kappa shape index (κ2) is 7.56. The van der Waals surface area contributed by atoms with Crippen LogP contribution < -0.4 is 0 Å². The molecular weight excluding hydrogens is 291 g/mol. The molecule has 1 aromatic heterocycles. The minimum absolute atomic E-state index is 0.0193. The van der Waals surface area contributed by atoms with Crippen LogP contribution in [0.3, 0.4) is 0 Å². The molecule has 0 aliphatic heterocycles. The molecular formula is C15H19FN2O2S. The average molecular weight is 310 g/mol. The first-order chi connectivity index (χ1) is 10.1. The van der Waals surface area contributed by atoms with Crippen LogP contribution in [-0.4, -0.2) is 16.7 Å². The molecule has 0 aliphatic rings. The van der Waals surface area contributed by atoms with Crippen LogP contribution in [0.25, 0.3) is 0 Å². The second-order valence-electron chi connectivity index (χ2n) is 4.62. The van der Waals surface area contributed by atoms with Gasteiger partial charge in [0.05, 0.1) is 5.75 Å². The maximum atomic E-state index is 13.7. The quantitative estimate of drug-likeness (QED) is 0.763. The Kier molecular flexibility index (Phi) is 5.76. The highest BCUT2D eigenvalue weighted by Crippen LogP contribution is 2.32. The number of thioether (sulfide) groups is 1. The van der Waals surface area contributed by atoms with Gasteiger partial charge in [0.25, 0.3) is 0 Å². The lowest BCUT2D eigenvalue weighted by atomic mass is 10.1. The van der Waals surface area contributed by atoms with Gasteiger partial charge >= 0.3 is 0 Å². The van der Waals surface area contributed by atoms with Crippen molar-refractivity contribution < 1.29 is 13.7 Å². The van der Waals surface area contributed by atoms with Crippen molar-refractivity contribution >= 4 is 11.8 Å². The summed E-state index contributed by atoms with van der Waals surface area (Å²) in [5.74, 6) is 1.44. The van der Waals surface area contributed by atoms with Crippen molar-refractivity contribution in [3.8, 4) is 0 Å². The van der Waals surface area contributed by atoms with Crippen LogP contribution in [0.1, 0.15) is 49.4 Å². The number of hydrogen-bond acceptors (Lipinski definition) is 5.